The number of phenolic OH excluding ortho intramolecular Hbond substituents is 4. The number of hydrogen-bond acceptors (Lipinski definition) is 34. The maximum atomic E-state index is 17.2. The molecule has 0 radical (unpaired) electrons. The summed E-state index contributed by atoms with van der Waals surface area (Å²) in [4.78, 5) is 143. The lowest BCUT2D eigenvalue weighted by atomic mass is 9.89. The number of carbonyl (C=O) groups is 9. The van der Waals surface area contributed by atoms with Crippen LogP contribution in [0.1, 0.15) is 147 Å². The summed E-state index contributed by atoms with van der Waals surface area (Å²) in [6, 6.07) is 2.08. The van der Waals surface area contributed by atoms with Crippen LogP contribution in [0.25, 0.3) is 11.1 Å². The molecule has 7 aromatic carbocycles. The zero-order valence-corrected chi connectivity index (χ0v) is 76.5. The van der Waals surface area contributed by atoms with E-state index in [0.717, 1.165) is 118 Å². The maximum absolute atomic E-state index is 17.2. The number of aliphatic hydroxyl groups excluding tert-OH is 10. The number of nitrogens with zero attached hydrogens (tertiary/aromatic N) is 1. The van der Waals surface area contributed by atoms with Crippen LogP contribution in [0.4, 0.5) is 0 Å². The van der Waals surface area contributed by atoms with Crippen LogP contribution in [0.15, 0.2) is 115 Å². The number of phenols is 4. The SMILES string of the molecule is CC(=O)N[C@@H]1[C@H](O[C@@H]2c3ccc(c(Cl)c3)Oc3cc4cc(c3O[C@@H]3O[C@@H](CO)[C@@H](O)[C@H](O)[C@@H]3NC(=O)CCCCCCC(C)C)Oc3ccc(cc3Cl)C[C@H]3NC(=O)[C@H](N)c5ccc(O)c(c5)Oc5cc(O)cc(c5)[C@H](NC3=O)C(=O)N[C@H]4C(=O)N[C@H]3C(=O)N[C@@H]2C(=O)N[C@H](C(=O)NCCN2CCCC2)c2cc(O)cc(O[C@H]4O[C@H](CO)[C@@H](O)[C@@H](O)[C@@H]4O)c2-c2cc3ccc2O)O[C@@H](CO)[C@@H](O)[C@@H]1O. The Kier molecular flexibility index (Phi) is 31.9. The fourth-order valence-electron chi connectivity index (χ4n) is 17.9. The molecule has 4 saturated heterocycles. The van der Waals surface area contributed by atoms with Gasteiger partial charge in [0.1, 0.15) is 162 Å². The van der Waals surface area contributed by atoms with Crippen LogP contribution < -0.4 is 77.3 Å². The van der Waals surface area contributed by atoms with Crippen LogP contribution in [-0.2, 0) is 68.5 Å². The number of nitrogens with two attached hydrogens (primary N) is 1. The Morgan fingerprint density at radius 2 is 1.09 bits per heavy atom. The Balaban J connectivity index is 0.992. The molecule has 0 aliphatic carbocycles. The molecule has 17 rings (SSSR count). The van der Waals surface area contributed by atoms with E-state index < -0.39 is 304 Å². The van der Waals surface area contributed by atoms with Gasteiger partial charge in [0.15, 0.2) is 29.3 Å². The number of aromatic hydroxyl groups is 4. The fraction of sp³-hybridized carbons (Fsp3) is 0.457. The van der Waals surface area contributed by atoms with E-state index in [2.05, 4.69) is 61.7 Å². The molecule has 0 aromatic heterocycles. The van der Waals surface area contributed by atoms with Crippen molar-refractivity contribution in [2.24, 2.45) is 11.7 Å². The number of halogens is 2. The Labute approximate surface area is 803 Å². The average Bonchev–Trinajstić information content (AvgIpc) is 1.18. The molecule has 10 aliphatic heterocycles. The minimum atomic E-state index is -2.51. The average molecular weight is 1980 g/mol. The third-order valence-electron chi connectivity index (χ3n) is 25.3. The summed E-state index contributed by atoms with van der Waals surface area (Å²) in [5, 5.41) is 184. The van der Waals surface area contributed by atoms with Gasteiger partial charge in [-0.25, -0.2) is 0 Å². The van der Waals surface area contributed by atoms with Gasteiger partial charge in [-0.3, -0.25) is 43.2 Å². The highest BCUT2D eigenvalue weighted by Crippen LogP contribution is 2.51. The van der Waals surface area contributed by atoms with Gasteiger partial charge in [0.05, 0.1) is 29.9 Å². The molecule has 0 spiro atoms. The van der Waals surface area contributed by atoms with Gasteiger partial charge in [-0.1, -0.05) is 87.0 Å². The number of nitrogens with one attached hydrogen (secondary N) is 9. The topological polar surface area (TPSA) is 657 Å². The predicted octanol–water partition coefficient (Wildman–Crippen LogP) is 1.15. The number of likely N-dealkylation sites (tertiary alicyclic amines) is 1. The number of ether oxygens (including phenoxy) is 9. The number of aliphatic hydroxyl groups is 10. The van der Waals surface area contributed by atoms with E-state index in [4.69, 9.17) is 71.6 Å². The van der Waals surface area contributed by atoms with Crippen molar-refractivity contribution in [1.82, 2.24) is 52.8 Å². The molecule has 45 heteroatoms. The van der Waals surface area contributed by atoms with Crippen molar-refractivity contribution < 1.29 is 157 Å². The molecule has 10 aliphatic rings. The van der Waals surface area contributed by atoms with Gasteiger partial charge < -0.3 is 173 Å². The first kappa shape index (κ1) is 101. The molecule has 43 nitrogen and oxygen atoms in total. The van der Waals surface area contributed by atoms with Crippen molar-refractivity contribution in [2.75, 3.05) is 46.0 Å². The van der Waals surface area contributed by atoms with E-state index in [0.29, 0.717) is 31.8 Å². The molecule has 4 fully saturated rings. The quantitative estimate of drug-likeness (QED) is 0.0423. The van der Waals surface area contributed by atoms with Crippen LogP contribution in [-0.4, -0.2) is 280 Å². The summed E-state index contributed by atoms with van der Waals surface area (Å²) >= 11 is 14.9. The van der Waals surface area contributed by atoms with E-state index in [9.17, 15) is 85.9 Å². The summed E-state index contributed by atoms with van der Waals surface area (Å²) in [7, 11) is 0. The van der Waals surface area contributed by atoms with E-state index >= 15 is 28.8 Å². The highest BCUT2D eigenvalue weighted by atomic mass is 35.5. The van der Waals surface area contributed by atoms with Crippen molar-refractivity contribution in [3.63, 3.8) is 0 Å². The fourth-order valence-corrected chi connectivity index (χ4v) is 18.4. The highest BCUT2D eigenvalue weighted by Gasteiger charge is 2.53. The number of unbranched alkanes of at least 4 members (excludes halogenated alkanes) is 3. The van der Waals surface area contributed by atoms with Gasteiger partial charge in [0, 0.05) is 56.1 Å². The van der Waals surface area contributed by atoms with Gasteiger partial charge in [0.25, 0.3) is 0 Å². The Morgan fingerprint density at radius 1 is 0.518 bits per heavy atom. The first-order chi connectivity index (χ1) is 66.4. The Morgan fingerprint density at radius 3 is 1.73 bits per heavy atom. The molecule has 746 valence electrons. The second-order valence-electron chi connectivity index (χ2n) is 35.7. The van der Waals surface area contributed by atoms with E-state index in [1.54, 1.807) is 0 Å². The van der Waals surface area contributed by atoms with Gasteiger partial charge in [-0.15, -0.1) is 0 Å². The highest BCUT2D eigenvalue weighted by molar-refractivity contribution is 6.32. The van der Waals surface area contributed by atoms with Crippen LogP contribution >= 0.6 is 23.2 Å². The van der Waals surface area contributed by atoms with Crippen LogP contribution in [0.5, 0.6) is 69.0 Å². The zero-order chi connectivity index (χ0) is 99.4. The molecule has 0 saturated carbocycles. The molecule has 25 N–H and O–H groups in total. The molecule has 9 amide bonds. The second kappa shape index (κ2) is 43.7. The number of carbonyl (C=O) groups excluding carboxylic acids is 9. The molecule has 17 bridgehead atoms. The van der Waals surface area contributed by atoms with Crippen LogP contribution in [0.2, 0.25) is 10.0 Å². The smallest absolute Gasteiger partial charge is 0.248 e. The summed E-state index contributed by atoms with van der Waals surface area (Å²) < 4.78 is 58.3. The summed E-state index contributed by atoms with van der Waals surface area (Å²) in [5.41, 5.74) is 3.49. The third-order valence-corrected chi connectivity index (χ3v) is 25.9. The van der Waals surface area contributed by atoms with Crippen molar-refractivity contribution >= 4 is 76.4 Å². The number of fused-ring (bicyclic) bond motifs is 14. The van der Waals surface area contributed by atoms with E-state index in [1.807, 2.05) is 4.90 Å². The summed E-state index contributed by atoms with van der Waals surface area (Å²) in [6.45, 7) is 3.36. The minimum Gasteiger partial charge on any atom is -0.508 e. The van der Waals surface area contributed by atoms with Crippen molar-refractivity contribution in [2.45, 2.75) is 219 Å². The lowest BCUT2D eigenvalue weighted by Gasteiger charge is -2.44. The van der Waals surface area contributed by atoms with Gasteiger partial charge in [0.2, 0.25) is 71.5 Å². The molecular formula is C94H109Cl2N11O32. The number of rotatable bonds is 22. The standard InChI is InChI=1S/C94H109Cl2N11O32/c1-39(2)10-6-4-5-7-11-66(116)101-74-80(121)77(118)64(37-109)136-93(74)139-84-61-31-46-32-62(84)133-58-19-15-44(29-53(58)96)83(138-92-73(99-40(3)111)79(120)76(117)63(36-108)135-92)75-91(130)105-72(87(126)98-20-23-107-21-8-9-22-107)51-34-48(113)35-60(134-94-82(123)81(122)78(119)65(38-110)137-94)67(51)50-28-43(14-16-55(50)114)69(88(127)106-75)103-90(129)71(46)104-89(128)70-45-26-47(112)33-49(27-45)131-59-30-42(13-17-56(59)115)68(97)86(125)100-54(85(124)102-70)25-41-12-18-57(132-61)52(95)24-41/h12-19,24,26-35,39,54,63-65,68-83,92-94,108-110,112-115,117-123H,4-11,20-23,25,36-38,97H2,1-3H3,(H,98,126)(H,99,111)(H,100,125)(H,101,116)(H,102,124)(H,103,129)(H,104,128)(H,105,130)(H,106,127)/t54-,63+,64+,65-,68-,69-,70+,71-,72+,73+,74+,75+,76-,77-,78-,79-,80-,81-,82+,83-,92+,93+,94+/m1/s1. The molecule has 0 unspecified atom stereocenters. The lowest BCUT2D eigenvalue weighted by molar-refractivity contribution is -0.284. The Hall–Kier alpha value is -12.1. The number of amides is 9. The third kappa shape index (κ3) is 22.7. The van der Waals surface area contributed by atoms with E-state index in [1.165, 1.54) is 36.4 Å². The van der Waals surface area contributed by atoms with E-state index in [-0.39, 0.29) is 64.0 Å². The monoisotopic (exact) mass is 1970 g/mol. The first-order valence-electron chi connectivity index (χ1n) is 45.3. The van der Waals surface area contributed by atoms with Gasteiger partial charge >= 0.3 is 0 Å². The molecule has 7 aromatic rings. The predicted molar refractivity (Wildman–Crippen MR) is 484 cm³/mol. The Bertz CT molecular complexity index is 5760. The number of hydrogen-bond donors (Lipinski definition) is 24. The second-order valence-corrected chi connectivity index (χ2v) is 36.5. The van der Waals surface area contributed by atoms with Crippen LogP contribution in [0, 0.1) is 5.92 Å². The van der Waals surface area contributed by atoms with Gasteiger partial charge in [-0.05, 0) is 156 Å². The van der Waals surface area contributed by atoms with Crippen molar-refractivity contribution in [3.05, 3.63) is 164 Å². The largest absolute Gasteiger partial charge is 0.508 e. The zero-order valence-electron chi connectivity index (χ0n) is 75.0. The van der Waals surface area contributed by atoms with Crippen molar-refractivity contribution in [3.8, 4) is 80.1 Å². The van der Waals surface area contributed by atoms with Crippen LogP contribution in [0.3, 0.4) is 0 Å². The molecule has 139 heavy (non-hydrogen) atoms. The maximum Gasteiger partial charge on any atom is 0.248 e. The summed E-state index contributed by atoms with van der Waals surface area (Å²) in [6.07, 6.45) is -23.9. The lowest BCUT2D eigenvalue weighted by Crippen LogP contribution is -2.65. The minimum absolute atomic E-state index is 0.0350. The van der Waals surface area contributed by atoms with Gasteiger partial charge in [-0.2, -0.15) is 0 Å². The first-order valence-corrected chi connectivity index (χ1v) is 46.0. The molecule has 23 atom stereocenters. The molecule has 10 heterocycles. The number of benzene rings is 7. The normalized spacial score (nSPS) is 28.7. The summed E-state index contributed by atoms with van der Waals surface area (Å²) in [5.74, 6) is -17.5. The molecular weight excluding hydrogens is 1870 g/mol. The van der Waals surface area contributed by atoms with Crippen molar-refractivity contribution in [1.29, 1.82) is 0 Å².